The first-order chi connectivity index (χ1) is 17.9. The summed E-state index contributed by atoms with van der Waals surface area (Å²) in [4.78, 5) is 45.7. The number of hydrogen-bond acceptors (Lipinski definition) is 7. The van der Waals surface area contributed by atoms with Crippen molar-refractivity contribution in [2.45, 2.75) is 13.8 Å². The zero-order chi connectivity index (χ0) is 25.7. The van der Waals surface area contributed by atoms with E-state index in [-0.39, 0.29) is 17.3 Å². The number of amides is 1. The highest BCUT2D eigenvalue weighted by atomic mass is 16.4. The molecule has 11 nitrogen and oxygen atoms in total. The molecule has 2 N–H and O–H groups in total. The lowest BCUT2D eigenvalue weighted by Gasteiger charge is -2.09. The first-order valence-corrected chi connectivity index (χ1v) is 11.3. The second-order valence-corrected chi connectivity index (χ2v) is 8.54. The van der Waals surface area contributed by atoms with Gasteiger partial charge in [0.15, 0.2) is 5.65 Å². The second kappa shape index (κ2) is 8.41. The first kappa shape index (κ1) is 22.2. The molecule has 0 saturated heterocycles. The maximum absolute atomic E-state index is 13.1. The summed E-state index contributed by atoms with van der Waals surface area (Å²) in [6.45, 7) is 3.68. The van der Waals surface area contributed by atoms with Crippen molar-refractivity contribution in [2.24, 2.45) is 0 Å². The summed E-state index contributed by atoms with van der Waals surface area (Å²) in [6, 6.07) is 17.6. The van der Waals surface area contributed by atoms with Gasteiger partial charge in [-0.05, 0) is 43.7 Å². The summed E-state index contributed by atoms with van der Waals surface area (Å²) in [5, 5.41) is 12.3. The van der Waals surface area contributed by atoms with E-state index in [1.807, 2.05) is 31.2 Å². The van der Waals surface area contributed by atoms with E-state index in [9.17, 15) is 14.4 Å². The Hall–Kier alpha value is -5.32. The predicted molar refractivity (Wildman–Crippen MR) is 137 cm³/mol. The van der Waals surface area contributed by atoms with Crippen molar-refractivity contribution < 1.29 is 9.21 Å². The molecule has 11 heteroatoms. The quantitative estimate of drug-likeness (QED) is 0.359. The van der Waals surface area contributed by atoms with Crippen LogP contribution in [0.15, 0.2) is 80.9 Å². The molecule has 0 atom stereocenters. The molecule has 0 unspecified atom stereocenters. The standard InChI is InChI=1S/C26H19N7O4/c1-14-6-5-8-17(10-14)32-22-19(13-27-32)24(35)30-26(29-22)33-21(11-15(2)31-33)28-23(34)18-12-16-7-3-4-9-20(16)37-25(18)36/h3-13H,1-2H3,(H,28,34)(H,29,30,35). The van der Waals surface area contributed by atoms with Crippen molar-refractivity contribution in [3.8, 4) is 11.6 Å². The predicted octanol–water partition coefficient (Wildman–Crippen LogP) is 3.27. The number of hydrogen-bond donors (Lipinski definition) is 2. The van der Waals surface area contributed by atoms with Crippen LogP contribution in [0.4, 0.5) is 5.82 Å². The number of benzene rings is 2. The number of carbonyl (C=O) groups is 1. The number of aromatic nitrogens is 6. The lowest BCUT2D eigenvalue weighted by Crippen LogP contribution is -2.23. The average Bonchev–Trinajstić information content (AvgIpc) is 3.47. The van der Waals surface area contributed by atoms with Gasteiger partial charge in [0.1, 0.15) is 22.4 Å². The fourth-order valence-corrected chi connectivity index (χ4v) is 4.11. The molecule has 0 spiro atoms. The van der Waals surface area contributed by atoms with Gasteiger partial charge in [-0.15, -0.1) is 0 Å². The van der Waals surface area contributed by atoms with E-state index in [0.29, 0.717) is 27.7 Å². The molecule has 1 amide bonds. The van der Waals surface area contributed by atoms with Crippen LogP contribution < -0.4 is 16.5 Å². The molecule has 0 aliphatic heterocycles. The van der Waals surface area contributed by atoms with Crippen LogP contribution in [0.1, 0.15) is 21.6 Å². The van der Waals surface area contributed by atoms with Crippen molar-refractivity contribution in [3.05, 3.63) is 104 Å². The molecular formula is C26H19N7O4. The number of carbonyl (C=O) groups excluding carboxylic acids is 1. The van der Waals surface area contributed by atoms with Crippen molar-refractivity contribution >= 4 is 33.7 Å². The number of para-hydroxylation sites is 1. The van der Waals surface area contributed by atoms with Crippen LogP contribution in [-0.2, 0) is 0 Å². The summed E-state index contributed by atoms with van der Waals surface area (Å²) >= 11 is 0. The molecule has 0 fully saturated rings. The third-order valence-corrected chi connectivity index (χ3v) is 5.83. The highest BCUT2D eigenvalue weighted by Crippen LogP contribution is 2.20. The van der Waals surface area contributed by atoms with Gasteiger partial charge in [0.05, 0.1) is 17.6 Å². The van der Waals surface area contributed by atoms with E-state index in [0.717, 1.165) is 11.3 Å². The minimum Gasteiger partial charge on any atom is -0.422 e. The Bertz CT molecular complexity index is 1960. The highest BCUT2D eigenvalue weighted by molar-refractivity contribution is 6.05. The van der Waals surface area contributed by atoms with Crippen molar-refractivity contribution in [2.75, 3.05) is 5.32 Å². The van der Waals surface area contributed by atoms with Gasteiger partial charge in [0, 0.05) is 11.5 Å². The summed E-state index contributed by atoms with van der Waals surface area (Å²) in [6.07, 6.45) is 1.45. The van der Waals surface area contributed by atoms with Gasteiger partial charge in [-0.3, -0.25) is 14.6 Å². The molecule has 37 heavy (non-hydrogen) atoms. The summed E-state index contributed by atoms with van der Waals surface area (Å²) < 4.78 is 8.14. The zero-order valence-corrected chi connectivity index (χ0v) is 19.7. The Labute approximate surface area is 208 Å². The molecule has 0 saturated carbocycles. The topological polar surface area (TPSA) is 141 Å². The Morgan fingerprint density at radius 2 is 1.84 bits per heavy atom. The molecule has 6 aromatic rings. The number of anilines is 1. The number of nitrogens with zero attached hydrogens (tertiary/aromatic N) is 5. The van der Waals surface area contributed by atoms with E-state index >= 15 is 0 Å². The van der Waals surface area contributed by atoms with Gasteiger partial charge in [-0.2, -0.15) is 19.9 Å². The number of H-pyrrole nitrogens is 1. The van der Waals surface area contributed by atoms with E-state index in [1.54, 1.807) is 41.9 Å². The molecular weight excluding hydrogens is 474 g/mol. The van der Waals surface area contributed by atoms with E-state index in [2.05, 4.69) is 25.5 Å². The first-order valence-electron chi connectivity index (χ1n) is 11.3. The Morgan fingerprint density at radius 3 is 2.68 bits per heavy atom. The van der Waals surface area contributed by atoms with E-state index in [4.69, 9.17) is 4.42 Å². The summed E-state index contributed by atoms with van der Waals surface area (Å²) in [7, 11) is 0. The van der Waals surface area contributed by atoms with Crippen LogP contribution in [0.25, 0.3) is 33.6 Å². The largest absolute Gasteiger partial charge is 0.422 e. The van der Waals surface area contributed by atoms with Gasteiger partial charge in [0.2, 0.25) is 5.95 Å². The molecule has 2 aromatic carbocycles. The molecule has 0 aliphatic carbocycles. The summed E-state index contributed by atoms with van der Waals surface area (Å²) in [5.74, 6) is -0.408. The Balaban J connectivity index is 1.43. The van der Waals surface area contributed by atoms with Crippen LogP contribution in [0.2, 0.25) is 0 Å². The Kier molecular flexibility index (Phi) is 5.04. The maximum atomic E-state index is 13.1. The van der Waals surface area contributed by atoms with Crippen LogP contribution in [-0.4, -0.2) is 35.4 Å². The van der Waals surface area contributed by atoms with Gasteiger partial charge < -0.3 is 9.73 Å². The monoisotopic (exact) mass is 493 g/mol. The smallest absolute Gasteiger partial charge is 0.349 e. The Morgan fingerprint density at radius 1 is 1.00 bits per heavy atom. The SMILES string of the molecule is Cc1cccc(-n2ncc3c(=O)[nH]c(-n4nc(C)cc4NC(=O)c4cc5ccccc5oc4=O)nc32)c1. The van der Waals surface area contributed by atoms with E-state index in [1.165, 1.54) is 16.9 Å². The number of fused-ring (bicyclic) bond motifs is 2. The van der Waals surface area contributed by atoms with Crippen molar-refractivity contribution in [3.63, 3.8) is 0 Å². The molecule has 0 radical (unpaired) electrons. The molecule has 182 valence electrons. The van der Waals surface area contributed by atoms with Crippen molar-refractivity contribution in [1.82, 2.24) is 29.5 Å². The minimum absolute atomic E-state index is 0.0702. The van der Waals surface area contributed by atoms with Crippen LogP contribution in [0.5, 0.6) is 0 Å². The third-order valence-electron chi connectivity index (χ3n) is 5.83. The van der Waals surface area contributed by atoms with Gasteiger partial charge >= 0.3 is 5.63 Å². The van der Waals surface area contributed by atoms with Crippen molar-refractivity contribution in [1.29, 1.82) is 0 Å². The van der Waals surface area contributed by atoms with Gasteiger partial charge in [-0.1, -0.05) is 30.3 Å². The van der Waals surface area contributed by atoms with Crippen LogP contribution >= 0.6 is 0 Å². The second-order valence-electron chi connectivity index (χ2n) is 8.54. The lowest BCUT2D eigenvalue weighted by molar-refractivity contribution is 0.102. The third kappa shape index (κ3) is 3.88. The van der Waals surface area contributed by atoms with Gasteiger partial charge in [-0.25, -0.2) is 9.48 Å². The molecule has 4 heterocycles. The average molecular weight is 493 g/mol. The fraction of sp³-hybridized carbons (Fsp3) is 0.0769. The molecule has 4 aromatic heterocycles. The number of rotatable bonds is 4. The van der Waals surface area contributed by atoms with Gasteiger partial charge in [0.25, 0.3) is 11.5 Å². The lowest BCUT2D eigenvalue weighted by atomic mass is 10.2. The summed E-state index contributed by atoms with van der Waals surface area (Å²) in [5.41, 5.74) is 1.67. The molecule has 0 bridgehead atoms. The normalized spacial score (nSPS) is 11.3. The molecule has 6 rings (SSSR count). The number of aryl methyl sites for hydroxylation is 2. The minimum atomic E-state index is -0.769. The number of nitrogens with one attached hydrogen (secondary N) is 2. The van der Waals surface area contributed by atoms with Crippen LogP contribution in [0, 0.1) is 13.8 Å². The van der Waals surface area contributed by atoms with Crippen LogP contribution in [0.3, 0.4) is 0 Å². The fourth-order valence-electron chi connectivity index (χ4n) is 4.11. The number of aromatic amines is 1. The van der Waals surface area contributed by atoms with E-state index < -0.39 is 17.1 Å². The highest BCUT2D eigenvalue weighted by Gasteiger charge is 2.19. The zero-order valence-electron chi connectivity index (χ0n) is 19.7. The molecule has 0 aliphatic rings. The maximum Gasteiger partial charge on any atom is 0.349 e.